The van der Waals surface area contributed by atoms with Crippen molar-refractivity contribution in [1.29, 1.82) is 0 Å². The van der Waals surface area contributed by atoms with Gasteiger partial charge >= 0.3 is 12.0 Å². The molecular formula is C12H22N2O5S. The Morgan fingerprint density at radius 1 is 1.30 bits per heavy atom. The average Bonchev–Trinajstić information content (AvgIpc) is 2.26. The van der Waals surface area contributed by atoms with Gasteiger partial charge in [0.25, 0.3) is 0 Å². The molecule has 1 rings (SSSR count). The molecule has 0 aromatic heterocycles. The summed E-state index contributed by atoms with van der Waals surface area (Å²) in [5.74, 6) is -1.62. The van der Waals surface area contributed by atoms with Crippen LogP contribution in [0.1, 0.15) is 32.6 Å². The predicted molar refractivity (Wildman–Crippen MR) is 74.2 cm³/mol. The van der Waals surface area contributed by atoms with Crippen molar-refractivity contribution in [2.24, 2.45) is 5.92 Å². The fourth-order valence-corrected chi connectivity index (χ4v) is 3.52. The van der Waals surface area contributed by atoms with Crippen LogP contribution in [0.4, 0.5) is 4.79 Å². The molecule has 0 saturated heterocycles. The van der Waals surface area contributed by atoms with E-state index < -0.39 is 39.8 Å². The Morgan fingerprint density at radius 2 is 1.90 bits per heavy atom. The van der Waals surface area contributed by atoms with Crippen LogP contribution in [0.25, 0.3) is 0 Å². The quantitative estimate of drug-likeness (QED) is 0.679. The van der Waals surface area contributed by atoms with Gasteiger partial charge in [-0.2, -0.15) is 0 Å². The van der Waals surface area contributed by atoms with E-state index in [0.717, 1.165) is 19.1 Å². The van der Waals surface area contributed by atoms with Crippen LogP contribution >= 0.6 is 0 Å². The molecule has 0 aromatic carbocycles. The van der Waals surface area contributed by atoms with Gasteiger partial charge in [-0.1, -0.05) is 12.8 Å². The monoisotopic (exact) mass is 306 g/mol. The van der Waals surface area contributed by atoms with Gasteiger partial charge in [-0.25, -0.2) is 13.2 Å². The Balaban J connectivity index is 2.50. The summed E-state index contributed by atoms with van der Waals surface area (Å²) in [5.41, 5.74) is 0. The van der Waals surface area contributed by atoms with E-state index in [1.54, 1.807) is 6.92 Å². The standard InChI is InChI=1S/C12H22N2O5S/c1-8(7-20(2,18)19)13-12(17)14-10-6-4-3-5-9(10)11(15)16/h8-10H,3-7H2,1-2H3,(H,15,16)(H2,13,14,17). The fraction of sp³-hybridized carbons (Fsp3) is 0.833. The Labute approximate surface area is 119 Å². The Hall–Kier alpha value is -1.31. The van der Waals surface area contributed by atoms with Crippen molar-refractivity contribution in [2.75, 3.05) is 12.0 Å². The van der Waals surface area contributed by atoms with Gasteiger partial charge in [0.15, 0.2) is 0 Å². The van der Waals surface area contributed by atoms with Crippen LogP contribution < -0.4 is 10.6 Å². The van der Waals surface area contributed by atoms with Gasteiger partial charge in [0.2, 0.25) is 0 Å². The number of carboxylic acids is 1. The van der Waals surface area contributed by atoms with Crippen LogP contribution in [0.2, 0.25) is 0 Å². The third-order valence-corrected chi connectivity index (χ3v) is 4.44. The molecule has 0 heterocycles. The normalized spacial score (nSPS) is 24.7. The first-order chi connectivity index (χ1) is 9.19. The van der Waals surface area contributed by atoms with Crippen molar-refractivity contribution in [3.05, 3.63) is 0 Å². The zero-order valence-electron chi connectivity index (χ0n) is 11.8. The summed E-state index contributed by atoms with van der Waals surface area (Å²) in [7, 11) is -3.16. The number of rotatable bonds is 5. The lowest BCUT2D eigenvalue weighted by Crippen LogP contribution is -2.51. The number of nitrogens with one attached hydrogen (secondary N) is 2. The second-order valence-electron chi connectivity index (χ2n) is 5.45. The van der Waals surface area contributed by atoms with Gasteiger partial charge in [-0.15, -0.1) is 0 Å². The van der Waals surface area contributed by atoms with Gasteiger partial charge in [-0.05, 0) is 19.8 Å². The molecule has 0 bridgehead atoms. The van der Waals surface area contributed by atoms with Crippen LogP contribution in [0.15, 0.2) is 0 Å². The molecule has 1 aliphatic rings. The molecule has 0 radical (unpaired) electrons. The molecule has 3 N–H and O–H groups in total. The molecule has 3 unspecified atom stereocenters. The van der Waals surface area contributed by atoms with E-state index in [0.29, 0.717) is 12.8 Å². The summed E-state index contributed by atoms with van der Waals surface area (Å²) in [4.78, 5) is 22.9. The predicted octanol–water partition coefficient (Wildman–Crippen LogP) is 0.362. The van der Waals surface area contributed by atoms with E-state index >= 15 is 0 Å². The van der Waals surface area contributed by atoms with Crippen LogP contribution in [-0.2, 0) is 14.6 Å². The van der Waals surface area contributed by atoms with Crippen molar-refractivity contribution in [1.82, 2.24) is 10.6 Å². The molecule has 0 aliphatic heterocycles. The Bertz CT molecular complexity index is 462. The maximum absolute atomic E-state index is 11.8. The number of urea groups is 1. The number of hydrogen-bond donors (Lipinski definition) is 3. The highest BCUT2D eigenvalue weighted by Crippen LogP contribution is 2.24. The van der Waals surface area contributed by atoms with Gasteiger partial charge in [-0.3, -0.25) is 4.79 Å². The summed E-state index contributed by atoms with van der Waals surface area (Å²) >= 11 is 0. The highest BCUT2D eigenvalue weighted by Gasteiger charge is 2.32. The molecular weight excluding hydrogens is 284 g/mol. The Morgan fingerprint density at radius 3 is 2.45 bits per heavy atom. The zero-order chi connectivity index (χ0) is 15.3. The highest BCUT2D eigenvalue weighted by atomic mass is 32.2. The van der Waals surface area contributed by atoms with E-state index in [1.165, 1.54) is 0 Å². The minimum absolute atomic E-state index is 0.145. The lowest BCUT2D eigenvalue weighted by Gasteiger charge is -2.29. The SMILES string of the molecule is CC(CS(C)(=O)=O)NC(=O)NC1CCCCC1C(=O)O. The van der Waals surface area contributed by atoms with Gasteiger partial charge in [0, 0.05) is 18.3 Å². The summed E-state index contributed by atoms with van der Waals surface area (Å²) in [6, 6.07) is -1.43. The van der Waals surface area contributed by atoms with Gasteiger partial charge in [0.1, 0.15) is 9.84 Å². The van der Waals surface area contributed by atoms with Crippen LogP contribution in [0.3, 0.4) is 0 Å². The van der Waals surface area contributed by atoms with Crippen LogP contribution in [-0.4, -0.2) is 49.6 Å². The third kappa shape index (κ3) is 5.77. The minimum Gasteiger partial charge on any atom is -0.481 e. The molecule has 1 saturated carbocycles. The molecule has 1 aliphatic carbocycles. The van der Waals surface area contributed by atoms with Crippen LogP contribution in [0.5, 0.6) is 0 Å². The smallest absolute Gasteiger partial charge is 0.315 e. The van der Waals surface area contributed by atoms with Crippen molar-refractivity contribution >= 4 is 21.8 Å². The first-order valence-electron chi connectivity index (χ1n) is 6.66. The summed E-state index contributed by atoms with van der Waals surface area (Å²) < 4.78 is 22.2. The van der Waals surface area contributed by atoms with Crippen molar-refractivity contribution in [2.45, 2.75) is 44.7 Å². The summed E-state index contributed by atoms with van der Waals surface area (Å²) in [6.07, 6.45) is 4.02. The number of hydrogen-bond acceptors (Lipinski definition) is 4. The number of amides is 2. The average molecular weight is 306 g/mol. The minimum atomic E-state index is -3.16. The second-order valence-corrected chi connectivity index (χ2v) is 7.63. The van der Waals surface area contributed by atoms with Crippen molar-refractivity contribution < 1.29 is 23.1 Å². The molecule has 8 heteroatoms. The number of aliphatic carboxylic acids is 1. The van der Waals surface area contributed by atoms with Gasteiger partial charge in [0.05, 0.1) is 11.7 Å². The molecule has 0 aromatic rings. The third-order valence-electron chi connectivity index (χ3n) is 3.33. The highest BCUT2D eigenvalue weighted by molar-refractivity contribution is 7.90. The molecule has 116 valence electrons. The van der Waals surface area contributed by atoms with Crippen LogP contribution in [0, 0.1) is 5.92 Å². The number of sulfone groups is 1. The molecule has 1 fully saturated rings. The van der Waals surface area contributed by atoms with E-state index in [9.17, 15) is 18.0 Å². The first-order valence-corrected chi connectivity index (χ1v) is 8.72. The number of carbonyl (C=O) groups excluding carboxylic acids is 1. The van der Waals surface area contributed by atoms with Crippen molar-refractivity contribution in [3.8, 4) is 0 Å². The van der Waals surface area contributed by atoms with E-state index in [4.69, 9.17) is 5.11 Å². The number of carbonyl (C=O) groups is 2. The second kappa shape index (κ2) is 6.92. The maximum Gasteiger partial charge on any atom is 0.315 e. The lowest BCUT2D eigenvalue weighted by atomic mass is 9.84. The van der Waals surface area contributed by atoms with E-state index in [2.05, 4.69) is 10.6 Å². The Kier molecular flexibility index (Phi) is 5.79. The molecule has 20 heavy (non-hydrogen) atoms. The van der Waals surface area contributed by atoms with Crippen molar-refractivity contribution in [3.63, 3.8) is 0 Å². The molecule has 7 nitrogen and oxygen atoms in total. The van der Waals surface area contributed by atoms with Gasteiger partial charge < -0.3 is 15.7 Å². The largest absolute Gasteiger partial charge is 0.481 e. The molecule has 0 spiro atoms. The first kappa shape index (κ1) is 16.7. The zero-order valence-corrected chi connectivity index (χ0v) is 12.6. The topological polar surface area (TPSA) is 113 Å². The maximum atomic E-state index is 11.8. The number of carboxylic acid groups (broad SMARTS) is 1. The summed E-state index contributed by atoms with van der Waals surface area (Å²) in [6.45, 7) is 1.59. The lowest BCUT2D eigenvalue weighted by molar-refractivity contribution is -0.143. The van der Waals surface area contributed by atoms with E-state index in [-0.39, 0.29) is 5.75 Å². The molecule has 3 atom stereocenters. The fourth-order valence-electron chi connectivity index (χ4n) is 2.53. The van der Waals surface area contributed by atoms with E-state index in [1.807, 2.05) is 0 Å². The molecule has 2 amide bonds. The summed E-state index contributed by atoms with van der Waals surface area (Å²) in [5, 5.41) is 14.3.